The first kappa shape index (κ1) is 9.58. The van der Waals surface area contributed by atoms with Crippen LogP contribution in [-0.2, 0) is 9.53 Å². The highest BCUT2D eigenvalue weighted by Crippen LogP contribution is 2.06. The summed E-state index contributed by atoms with van der Waals surface area (Å²) < 4.78 is 4.57. The molecule has 0 fully saturated rings. The van der Waals surface area contributed by atoms with Crippen molar-refractivity contribution in [2.45, 2.75) is 13.0 Å². The van der Waals surface area contributed by atoms with Gasteiger partial charge < -0.3 is 10.1 Å². The maximum Gasteiger partial charge on any atom is 0.327 e. The van der Waals surface area contributed by atoms with Crippen LogP contribution < -0.4 is 5.32 Å². The molecule has 0 amide bonds. The van der Waals surface area contributed by atoms with Gasteiger partial charge in [-0.2, -0.15) is 0 Å². The Balaban J connectivity index is 2.55. The van der Waals surface area contributed by atoms with Crippen molar-refractivity contribution in [1.82, 2.24) is 0 Å². The van der Waals surface area contributed by atoms with Gasteiger partial charge in [0.1, 0.15) is 6.04 Å². The smallest absolute Gasteiger partial charge is 0.327 e. The molecule has 1 atom stereocenters. The fourth-order valence-corrected chi connectivity index (χ4v) is 0.952. The fourth-order valence-electron chi connectivity index (χ4n) is 0.952. The summed E-state index contributed by atoms with van der Waals surface area (Å²) >= 11 is 0. The third kappa shape index (κ3) is 2.78. The van der Waals surface area contributed by atoms with Crippen LogP contribution in [0.5, 0.6) is 0 Å². The summed E-state index contributed by atoms with van der Waals surface area (Å²) in [5, 5.41) is 2.96. The zero-order valence-electron chi connectivity index (χ0n) is 7.70. The Kier molecular flexibility index (Phi) is 3.31. The first-order valence-electron chi connectivity index (χ1n) is 4.05. The van der Waals surface area contributed by atoms with E-state index in [2.05, 4.69) is 16.1 Å². The second-order valence-electron chi connectivity index (χ2n) is 2.67. The van der Waals surface area contributed by atoms with Crippen molar-refractivity contribution in [1.29, 1.82) is 0 Å². The number of ether oxygens (including phenoxy) is 1. The van der Waals surface area contributed by atoms with Gasteiger partial charge in [0.05, 0.1) is 7.11 Å². The molecule has 0 aliphatic rings. The van der Waals surface area contributed by atoms with Gasteiger partial charge in [0.15, 0.2) is 0 Å². The monoisotopic (exact) mass is 178 g/mol. The Morgan fingerprint density at radius 3 is 2.92 bits per heavy atom. The number of hydrogen-bond donors (Lipinski definition) is 1. The third-order valence-corrected chi connectivity index (χ3v) is 1.64. The van der Waals surface area contributed by atoms with E-state index in [0.717, 1.165) is 5.69 Å². The minimum atomic E-state index is -0.344. The number of esters is 1. The summed E-state index contributed by atoms with van der Waals surface area (Å²) in [6.45, 7) is 1.74. The van der Waals surface area contributed by atoms with E-state index < -0.39 is 0 Å². The Labute approximate surface area is 77.7 Å². The first-order chi connectivity index (χ1) is 6.24. The summed E-state index contributed by atoms with van der Waals surface area (Å²) in [6.07, 6.45) is 0. The second kappa shape index (κ2) is 4.50. The van der Waals surface area contributed by atoms with Gasteiger partial charge >= 0.3 is 5.97 Å². The standard InChI is InChI=1S/C10H12NO2/c1-8(10(12)13-2)11-9-6-4-3-5-7-9/h3-6,8,11H,1-2H3. The number of nitrogens with one attached hydrogen (secondary N) is 1. The summed E-state index contributed by atoms with van der Waals surface area (Å²) in [5.41, 5.74) is 0.792. The highest BCUT2D eigenvalue weighted by molar-refractivity contribution is 5.78. The molecule has 1 aromatic rings. The molecule has 3 nitrogen and oxygen atoms in total. The van der Waals surface area contributed by atoms with Gasteiger partial charge in [-0.1, -0.05) is 18.2 Å². The van der Waals surface area contributed by atoms with Crippen LogP contribution >= 0.6 is 0 Å². The lowest BCUT2D eigenvalue weighted by Gasteiger charge is -2.11. The van der Waals surface area contributed by atoms with Crippen molar-refractivity contribution >= 4 is 11.7 Å². The van der Waals surface area contributed by atoms with Gasteiger partial charge in [-0.15, -0.1) is 0 Å². The molecule has 0 bridgehead atoms. The SMILES string of the molecule is COC(=O)C(C)Nc1[c]cccc1. The Morgan fingerprint density at radius 2 is 2.38 bits per heavy atom. The predicted octanol–water partition coefficient (Wildman–Crippen LogP) is 1.46. The van der Waals surface area contributed by atoms with E-state index in [0.29, 0.717) is 0 Å². The number of para-hydroxylation sites is 1. The summed E-state index contributed by atoms with van der Waals surface area (Å²) in [7, 11) is 1.37. The Bertz CT molecular complexity index is 272. The highest BCUT2D eigenvalue weighted by atomic mass is 16.5. The summed E-state index contributed by atoms with van der Waals surface area (Å²) in [6, 6.07) is 9.99. The maximum atomic E-state index is 11.0. The van der Waals surface area contributed by atoms with Crippen molar-refractivity contribution in [3.05, 3.63) is 30.3 Å². The van der Waals surface area contributed by atoms with Crippen LogP contribution in [0.15, 0.2) is 24.3 Å². The molecule has 1 unspecified atom stereocenters. The lowest BCUT2D eigenvalue weighted by molar-refractivity contribution is -0.141. The van der Waals surface area contributed by atoms with Gasteiger partial charge in [0.25, 0.3) is 0 Å². The number of rotatable bonds is 3. The van der Waals surface area contributed by atoms with E-state index in [1.807, 2.05) is 18.2 Å². The first-order valence-corrected chi connectivity index (χ1v) is 4.05. The minimum Gasteiger partial charge on any atom is -0.467 e. The number of anilines is 1. The molecule has 1 N–H and O–H groups in total. The normalized spacial score (nSPS) is 11.8. The molecule has 0 aromatic heterocycles. The quantitative estimate of drug-likeness (QED) is 0.712. The average Bonchev–Trinajstić information content (AvgIpc) is 2.18. The maximum absolute atomic E-state index is 11.0. The molecule has 0 saturated heterocycles. The molecule has 69 valence electrons. The molecule has 13 heavy (non-hydrogen) atoms. The molecule has 0 aliphatic carbocycles. The molecule has 0 heterocycles. The van der Waals surface area contributed by atoms with Crippen molar-refractivity contribution in [3.63, 3.8) is 0 Å². The van der Waals surface area contributed by atoms with E-state index >= 15 is 0 Å². The van der Waals surface area contributed by atoms with Crippen LogP contribution in [0.25, 0.3) is 0 Å². The molecule has 0 aliphatic heterocycles. The molecule has 3 heteroatoms. The zero-order valence-corrected chi connectivity index (χ0v) is 7.70. The topological polar surface area (TPSA) is 38.3 Å². The predicted molar refractivity (Wildman–Crippen MR) is 50.4 cm³/mol. The van der Waals surface area contributed by atoms with E-state index in [1.165, 1.54) is 7.11 Å². The molecule has 1 rings (SSSR count). The summed E-state index contributed by atoms with van der Waals surface area (Å²) in [4.78, 5) is 11.0. The molecule has 1 aromatic carbocycles. The van der Waals surface area contributed by atoms with Crippen LogP contribution in [0.3, 0.4) is 0 Å². The molecule has 0 spiro atoms. The van der Waals surface area contributed by atoms with Gasteiger partial charge in [0, 0.05) is 11.8 Å². The van der Waals surface area contributed by atoms with Crippen molar-refractivity contribution < 1.29 is 9.53 Å². The largest absolute Gasteiger partial charge is 0.467 e. The second-order valence-corrected chi connectivity index (χ2v) is 2.67. The summed E-state index contributed by atoms with van der Waals surface area (Å²) in [5.74, 6) is -0.280. The lowest BCUT2D eigenvalue weighted by atomic mass is 10.3. The Hall–Kier alpha value is -1.51. The number of hydrogen-bond acceptors (Lipinski definition) is 3. The third-order valence-electron chi connectivity index (χ3n) is 1.64. The van der Waals surface area contributed by atoms with E-state index in [4.69, 9.17) is 0 Å². The number of carbonyl (C=O) groups is 1. The van der Waals surface area contributed by atoms with Crippen LogP contribution in [0.4, 0.5) is 5.69 Å². The van der Waals surface area contributed by atoms with E-state index in [9.17, 15) is 4.79 Å². The van der Waals surface area contributed by atoms with Gasteiger partial charge in [-0.05, 0) is 13.0 Å². The fraction of sp³-hybridized carbons (Fsp3) is 0.300. The van der Waals surface area contributed by atoms with Crippen molar-refractivity contribution in [2.75, 3.05) is 12.4 Å². The van der Waals surface area contributed by atoms with Gasteiger partial charge in [0.2, 0.25) is 0 Å². The van der Waals surface area contributed by atoms with Crippen LogP contribution in [0.2, 0.25) is 0 Å². The number of benzene rings is 1. The number of methoxy groups -OCH3 is 1. The Morgan fingerprint density at radius 1 is 1.62 bits per heavy atom. The van der Waals surface area contributed by atoms with Crippen LogP contribution in [0, 0.1) is 6.07 Å². The molecule has 0 saturated carbocycles. The van der Waals surface area contributed by atoms with E-state index in [-0.39, 0.29) is 12.0 Å². The number of carbonyl (C=O) groups excluding carboxylic acids is 1. The molecular formula is C10H12NO2. The van der Waals surface area contributed by atoms with E-state index in [1.54, 1.807) is 13.0 Å². The molecular weight excluding hydrogens is 166 g/mol. The van der Waals surface area contributed by atoms with Crippen LogP contribution in [0.1, 0.15) is 6.92 Å². The molecule has 1 radical (unpaired) electrons. The van der Waals surface area contributed by atoms with Crippen molar-refractivity contribution in [3.8, 4) is 0 Å². The van der Waals surface area contributed by atoms with Gasteiger partial charge in [-0.3, -0.25) is 0 Å². The lowest BCUT2D eigenvalue weighted by Crippen LogP contribution is -2.27. The average molecular weight is 178 g/mol. The zero-order chi connectivity index (χ0) is 9.68. The van der Waals surface area contributed by atoms with Crippen molar-refractivity contribution in [2.24, 2.45) is 0 Å². The van der Waals surface area contributed by atoms with Crippen LogP contribution in [-0.4, -0.2) is 19.1 Å². The highest BCUT2D eigenvalue weighted by Gasteiger charge is 2.11. The van der Waals surface area contributed by atoms with Gasteiger partial charge in [-0.25, -0.2) is 4.79 Å². The minimum absolute atomic E-state index is 0.280.